The molecule has 2 aliphatic carbocycles. The molecule has 1 spiro atoms. The van der Waals surface area contributed by atoms with Crippen LogP contribution in [0.15, 0.2) is 54.6 Å². The lowest BCUT2D eigenvalue weighted by Crippen LogP contribution is -2.75. The van der Waals surface area contributed by atoms with Crippen molar-refractivity contribution in [3.63, 3.8) is 0 Å². The maximum Gasteiger partial charge on any atom is 0.258 e. The highest BCUT2D eigenvalue weighted by atomic mass is 28.4. The monoisotopic (exact) mass is 545 g/mol. The predicted molar refractivity (Wildman–Crippen MR) is 157 cm³/mol. The second kappa shape index (κ2) is 9.32. The average Bonchev–Trinajstić information content (AvgIpc) is 3.26. The van der Waals surface area contributed by atoms with E-state index in [-0.39, 0.29) is 11.8 Å². The van der Waals surface area contributed by atoms with E-state index in [2.05, 4.69) is 96.0 Å². The smallest absolute Gasteiger partial charge is 0.258 e. The molecule has 1 fully saturated rings. The molecule has 2 bridgehead atoms. The van der Waals surface area contributed by atoms with Gasteiger partial charge in [0.25, 0.3) is 8.32 Å². The summed E-state index contributed by atoms with van der Waals surface area (Å²) in [5.41, 5.74) is 3.65. The van der Waals surface area contributed by atoms with Crippen LogP contribution < -0.4 is 9.16 Å². The number of ketones is 1. The Kier molecular flexibility index (Phi) is 6.40. The number of likely N-dealkylation sites (N-methyl/N-ethyl adjacent to an activating group) is 1. The van der Waals surface area contributed by atoms with Crippen molar-refractivity contribution in [2.75, 3.05) is 13.6 Å². The zero-order chi connectivity index (χ0) is 27.7. The Labute approximate surface area is 234 Å². The first-order chi connectivity index (χ1) is 18.6. The van der Waals surface area contributed by atoms with Crippen molar-refractivity contribution in [1.29, 1.82) is 0 Å². The molecule has 0 saturated carbocycles. The highest BCUT2D eigenvalue weighted by Crippen LogP contribution is 2.65. The number of ether oxygens (including phenoxy) is 2. The van der Waals surface area contributed by atoms with Gasteiger partial charge in [0.05, 0.1) is 12.0 Å². The second-order valence-corrected chi connectivity index (χ2v) is 18.4. The number of likely N-dealkylation sites (tertiary alicyclic amines) is 1. The van der Waals surface area contributed by atoms with E-state index in [1.807, 2.05) is 6.07 Å². The number of nitrogens with zero attached hydrogens (tertiary/aromatic N) is 1. The third-order valence-electron chi connectivity index (χ3n) is 10.4. The number of piperidine rings is 1. The molecule has 208 valence electrons. The molecule has 2 heterocycles. The lowest BCUT2D eigenvalue weighted by Gasteiger charge is -2.62. The Morgan fingerprint density at radius 2 is 1.72 bits per heavy atom. The van der Waals surface area contributed by atoms with Crippen LogP contribution >= 0.6 is 0 Å². The molecule has 0 N–H and O–H groups in total. The predicted octanol–water partition coefficient (Wildman–Crippen LogP) is 6.59. The zero-order valence-corrected chi connectivity index (χ0v) is 25.5. The van der Waals surface area contributed by atoms with Gasteiger partial charge in [-0.25, -0.2) is 0 Å². The van der Waals surface area contributed by atoms with Gasteiger partial charge in [-0.05, 0) is 72.4 Å². The Balaban J connectivity index is 1.52. The zero-order valence-electron chi connectivity index (χ0n) is 24.5. The van der Waals surface area contributed by atoms with Gasteiger partial charge < -0.3 is 13.9 Å². The summed E-state index contributed by atoms with van der Waals surface area (Å²) in [7, 11) is -0.0445. The van der Waals surface area contributed by atoms with Crippen molar-refractivity contribution in [3.05, 3.63) is 71.3 Å². The number of rotatable bonds is 8. The fourth-order valence-electron chi connectivity index (χ4n) is 8.76. The van der Waals surface area contributed by atoms with Crippen molar-refractivity contribution in [2.24, 2.45) is 0 Å². The van der Waals surface area contributed by atoms with Gasteiger partial charge in [0, 0.05) is 11.6 Å². The van der Waals surface area contributed by atoms with Crippen LogP contribution in [0.1, 0.15) is 64.7 Å². The topological polar surface area (TPSA) is 48.0 Å². The highest BCUT2D eigenvalue weighted by Gasteiger charge is 2.73. The first-order valence-electron chi connectivity index (χ1n) is 14.7. The molecule has 1 saturated heterocycles. The number of hydrogen-bond acceptors (Lipinski definition) is 5. The number of carbonyl (C=O) groups is 1. The fourth-order valence-corrected chi connectivity index (χ4v) is 14.0. The van der Waals surface area contributed by atoms with E-state index in [0.717, 1.165) is 36.4 Å². The Morgan fingerprint density at radius 1 is 1.03 bits per heavy atom. The largest absolute Gasteiger partial charge is 0.540 e. The summed E-state index contributed by atoms with van der Waals surface area (Å²) >= 11 is 0. The van der Waals surface area contributed by atoms with E-state index in [9.17, 15) is 4.79 Å². The Bertz CT molecular complexity index is 1280. The molecule has 2 aromatic carbocycles. The molecule has 4 aliphatic rings. The highest BCUT2D eigenvalue weighted by molar-refractivity contribution is 6.78. The maximum absolute atomic E-state index is 13.6. The molecule has 39 heavy (non-hydrogen) atoms. The second-order valence-electron chi connectivity index (χ2n) is 13.1. The van der Waals surface area contributed by atoms with E-state index < -0.39 is 25.4 Å². The number of hydrogen-bond donors (Lipinski definition) is 0. The lowest BCUT2D eigenvalue weighted by molar-refractivity contribution is -0.178. The van der Waals surface area contributed by atoms with Crippen molar-refractivity contribution in [3.8, 4) is 11.5 Å². The summed E-state index contributed by atoms with van der Waals surface area (Å²) < 4.78 is 21.1. The van der Waals surface area contributed by atoms with Crippen molar-refractivity contribution in [1.82, 2.24) is 4.90 Å². The minimum absolute atomic E-state index is 0.0346. The van der Waals surface area contributed by atoms with Gasteiger partial charge in [-0.2, -0.15) is 0 Å². The average molecular weight is 546 g/mol. The molecule has 0 radical (unpaired) electrons. The van der Waals surface area contributed by atoms with Crippen LogP contribution in [-0.2, 0) is 28.0 Å². The van der Waals surface area contributed by atoms with Gasteiger partial charge in [0.15, 0.2) is 17.6 Å². The third-order valence-corrected chi connectivity index (χ3v) is 16.4. The van der Waals surface area contributed by atoms with Crippen LogP contribution in [0.2, 0.25) is 16.6 Å². The molecule has 4 atom stereocenters. The van der Waals surface area contributed by atoms with E-state index in [0.29, 0.717) is 23.2 Å². The lowest BCUT2D eigenvalue weighted by atomic mass is 9.50. The van der Waals surface area contributed by atoms with Gasteiger partial charge in [0.1, 0.15) is 11.4 Å². The van der Waals surface area contributed by atoms with Crippen LogP contribution in [-0.4, -0.2) is 50.3 Å². The molecule has 0 amide bonds. The molecule has 6 heteroatoms. The Morgan fingerprint density at radius 3 is 2.38 bits per heavy atom. The summed E-state index contributed by atoms with van der Waals surface area (Å²) in [6.45, 7) is 15.2. The van der Waals surface area contributed by atoms with Gasteiger partial charge >= 0.3 is 0 Å². The molecule has 0 unspecified atom stereocenters. The summed E-state index contributed by atoms with van der Waals surface area (Å²) in [5.74, 6) is 1.65. The van der Waals surface area contributed by atoms with Gasteiger partial charge in [-0.1, -0.05) is 77.9 Å². The molecular formula is C33H43NO4Si. The molecular weight excluding hydrogens is 502 g/mol. The summed E-state index contributed by atoms with van der Waals surface area (Å²) in [6.07, 6.45) is 4.87. The molecule has 5 nitrogen and oxygen atoms in total. The number of benzene rings is 2. The van der Waals surface area contributed by atoms with E-state index in [4.69, 9.17) is 13.9 Å². The third kappa shape index (κ3) is 3.53. The Hall–Kier alpha value is -2.41. The van der Waals surface area contributed by atoms with Crippen molar-refractivity contribution >= 4 is 14.1 Å². The molecule has 6 rings (SSSR count). The molecule has 0 aromatic heterocycles. The van der Waals surface area contributed by atoms with Crippen molar-refractivity contribution < 1.29 is 18.7 Å². The standard InChI is InChI=1S/C33H43NO4Si/c1-21(2)39(22(3)4,23(5)6)38-27-14-13-25-19-28-33(36-20-24-11-9-8-10-12-24)16-15-26(35)31-32(33,17-18-34(28)7)29(25)30(27)37-31/h8-16,21-23,28,31H,17-20H2,1-7H3/t28-,31+,32+,33-/m1/s1. The molecule has 2 aliphatic heterocycles. The van der Waals surface area contributed by atoms with Crippen molar-refractivity contribution in [2.45, 2.75) is 101 Å². The summed E-state index contributed by atoms with van der Waals surface area (Å²) in [4.78, 5) is 16.0. The van der Waals surface area contributed by atoms with E-state index in [1.165, 1.54) is 11.1 Å². The minimum atomic E-state index is -2.24. The first kappa shape index (κ1) is 26.8. The SMILES string of the molecule is CC(C)[Si](Oc1ccc2c3c1O[C@H]1C(=O)C=C[C@@]4(OCc5ccccc5)[C@@H](C2)N(C)CC[C@]314)(C(C)C)C(C)C. The van der Waals surface area contributed by atoms with Crippen LogP contribution in [0.3, 0.4) is 0 Å². The van der Waals surface area contributed by atoms with Gasteiger partial charge in [-0.3, -0.25) is 9.69 Å². The van der Waals surface area contributed by atoms with Crippen LogP contribution in [0.5, 0.6) is 11.5 Å². The quantitative estimate of drug-likeness (QED) is 0.350. The van der Waals surface area contributed by atoms with Crippen LogP contribution in [0.4, 0.5) is 0 Å². The minimum Gasteiger partial charge on any atom is -0.540 e. The maximum atomic E-state index is 13.6. The van der Waals surface area contributed by atoms with Crippen LogP contribution in [0.25, 0.3) is 0 Å². The van der Waals surface area contributed by atoms with E-state index in [1.54, 1.807) is 6.08 Å². The summed E-state index contributed by atoms with van der Waals surface area (Å²) in [5, 5.41) is 0. The van der Waals surface area contributed by atoms with Gasteiger partial charge in [-0.15, -0.1) is 0 Å². The summed E-state index contributed by atoms with van der Waals surface area (Å²) in [6, 6.07) is 14.8. The number of carbonyl (C=O) groups excluding carboxylic acids is 1. The fraction of sp³-hybridized carbons (Fsp3) is 0.545. The first-order valence-corrected chi connectivity index (χ1v) is 16.9. The van der Waals surface area contributed by atoms with E-state index >= 15 is 0 Å². The normalized spacial score (nSPS) is 29.2. The van der Waals surface area contributed by atoms with Gasteiger partial charge in [0.2, 0.25) is 0 Å². The van der Waals surface area contributed by atoms with Crippen LogP contribution in [0, 0.1) is 0 Å². The molecule has 2 aromatic rings.